The minimum atomic E-state index is -0.785. The first-order valence-electron chi connectivity index (χ1n) is 12.8. The lowest BCUT2D eigenvalue weighted by molar-refractivity contribution is -0.124. The number of nitrogens with one attached hydrogen (secondary N) is 2. The van der Waals surface area contributed by atoms with E-state index in [2.05, 4.69) is 10.3 Å². The molecular weight excluding hydrogens is 528 g/mol. The van der Waals surface area contributed by atoms with Crippen molar-refractivity contribution in [1.82, 2.24) is 9.88 Å². The van der Waals surface area contributed by atoms with E-state index < -0.39 is 6.04 Å². The molecule has 5 rings (SSSR count). The SMILES string of the molecule is COc1ccc(CCN2C(=S)N(c3ccccc3OC)C(=O)C2CC(=O)Nc2ccc3cc[nH]c3c2)cc1OC. The number of H-pyrrole nitrogens is 1. The van der Waals surface area contributed by atoms with Crippen LogP contribution in [0.2, 0.25) is 0 Å². The third-order valence-corrected chi connectivity index (χ3v) is 7.37. The van der Waals surface area contributed by atoms with Crippen molar-refractivity contribution in [3.05, 3.63) is 78.5 Å². The molecule has 1 unspecified atom stereocenters. The summed E-state index contributed by atoms with van der Waals surface area (Å²) in [5, 5.41) is 4.30. The molecule has 1 aliphatic heterocycles. The van der Waals surface area contributed by atoms with E-state index in [4.69, 9.17) is 26.4 Å². The smallest absolute Gasteiger partial charge is 0.256 e. The third-order valence-electron chi connectivity index (χ3n) is 6.95. The second-order valence-electron chi connectivity index (χ2n) is 9.31. The summed E-state index contributed by atoms with van der Waals surface area (Å²) in [7, 11) is 4.72. The van der Waals surface area contributed by atoms with Crippen LogP contribution in [-0.2, 0) is 16.0 Å². The van der Waals surface area contributed by atoms with Gasteiger partial charge in [-0.05, 0) is 72.1 Å². The van der Waals surface area contributed by atoms with Gasteiger partial charge in [0, 0.05) is 23.9 Å². The molecule has 1 atom stereocenters. The Balaban J connectivity index is 1.40. The first kappa shape index (κ1) is 27.0. The second kappa shape index (κ2) is 11.7. The Morgan fingerprint density at radius 3 is 2.50 bits per heavy atom. The molecule has 2 N–H and O–H groups in total. The van der Waals surface area contributed by atoms with Crippen LogP contribution in [-0.4, -0.2) is 60.7 Å². The maximum absolute atomic E-state index is 13.8. The van der Waals surface area contributed by atoms with Gasteiger partial charge < -0.3 is 29.4 Å². The molecule has 10 heteroatoms. The molecule has 1 aliphatic rings. The number of thiocarbonyl (C=S) groups is 1. The number of methoxy groups -OCH3 is 3. The molecule has 9 nitrogen and oxygen atoms in total. The molecule has 2 heterocycles. The Morgan fingerprint density at radius 2 is 1.73 bits per heavy atom. The lowest BCUT2D eigenvalue weighted by atomic mass is 10.1. The normalized spacial score (nSPS) is 15.0. The lowest BCUT2D eigenvalue weighted by Gasteiger charge is -2.24. The number of para-hydroxylation sites is 2. The molecule has 0 radical (unpaired) electrons. The van der Waals surface area contributed by atoms with E-state index in [0.717, 1.165) is 16.5 Å². The minimum absolute atomic E-state index is 0.0701. The quantitative estimate of drug-likeness (QED) is 0.271. The topological polar surface area (TPSA) is 96.1 Å². The molecule has 0 saturated carbocycles. The number of hydrogen-bond donors (Lipinski definition) is 2. The van der Waals surface area contributed by atoms with E-state index in [1.807, 2.05) is 65.7 Å². The zero-order valence-corrected chi connectivity index (χ0v) is 23.3. The van der Waals surface area contributed by atoms with Gasteiger partial charge in [0.25, 0.3) is 5.91 Å². The Morgan fingerprint density at radius 1 is 0.950 bits per heavy atom. The van der Waals surface area contributed by atoms with Gasteiger partial charge in [-0.15, -0.1) is 0 Å². The van der Waals surface area contributed by atoms with Crippen LogP contribution in [0.4, 0.5) is 11.4 Å². The maximum atomic E-state index is 13.8. The van der Waals surface area contributed by atoms with Crippen LogP contribution in [0.15, 0.2) is 72.9 Å². The third kappa shape index (κ3) is 5.30. The summed E-state index contributed by atoms with van der Waals surface area (Å²) < 4.78 is 16.3. The van der Waals surface area contributed by atoms with Crippen molar-refractivity contribution in [2.45, 2.75) is 18.9 Å². The molecule has 40 heavy (non-hydrogen) atoms. The average molecular weight is 559 g/mol. The number of benzene rings is 3. The number of aromatic nitrogens is 1. The standard InChI is InChI=1S/C30H30N4O5S/c1-37-25-7-5-4-6-23(25)34-29(36)24(18-28(35)32-21-10-9-20-12-14-31-22(20)17-21)33(30(34)40)15-13-19-8-11-26(38-2)27(16-19)39-3/h4-12,14,16-17,24,31H,13,15,18H2,1-3H3,(H,32,35). The van der Waals surface area contributed by atoms with Gasteiger partial charge in [0.15, 0.2) is 16.6 Å². The van der Waals surface area contributed by atoms with Crippen LogP contribution in [0.5, 0.6) is 17.2 Å². The molecule has 1 saturated heterocycles. The van der Waals surface area contributed by atoms with Gasteiger partial charge in [-0.1, -0.05) is 24.3 Å². The zero-order chi connectivity index (χ0) is 28.2. The molecule has 0 bridgehead atoms. The monoisotopic (exact) mass is 558 g/mol. The van der Waals surface area contributed by atoms with Crippen LogP contribution in [0, 0.1) is 0 Å². The van der Waals surface area contributed by atoms with Crippen molar-refractivity contribution < 1.29 is 23.8 Å². The number of ether oxygens (including phenoxy) is 3. The zero-order valence-electron chi connectivity index (χ0n) is 22.5. The van der Waals surface area contributed by atoms with Crippen LogP contribution < -0.4 is 24.4 Å². The van der Waals surface area contributed by atoms with Gasteiger partial charge in [-0.2, -0.15) is 0 Å². The number of aromatic amines is 1. The highest BCUT2D eigenvalue weighted by atomic mass is 32.1. The molecule has 0 spiro atoms. The molecule has 206 valence electrons. The summed E-state index contributed by atoms with van der Waals surface area (Å²) >= 11 is 5.83. The number of nitrogens with zero attached hydrogens (tertiary/aromatic N) is 2. The summed E-state index contributed by atoms with van der Waals surface area (Å²) in [6.45, 7) is 0.415. The van der Waals surface area contributed by atoms with Crippen molar-refractivity contribution in [3.63, 3.8) is 0 Å². The molecular formula is C30H30N4O5S. The molecule has 3 aromatic carbocycles. The summed E-state index contributed by atoms with van der Waals surface area (Å²) in [4.78, 5) is 33.5. The van der Waals surface area contributed by atoms with E-state index in [9.17, 15) is 9.59 Å². The Labute approximate surface area is 237 Å². The molecule has 1 fully saturated rings. The molecule has 4 aromatic rings. The molecule has 2 amide bonds. The predicted molar refractivity (Wildman–Crippen MR) is 158 cm³/mol. The van der Waals surface area contributed by atoms with E-state index >= 15 is 0 Å². The highest BCUT2D eigenvalue weighted by molar-refractivity contribution is 7.80. The van der Waals surface area contributed by atoms with Crippen molar-refractivity contribution in [2.75, 3.05) is 38.1 Å². The first-order valence-corrected chi connectivity index (χ1v) is 13.2. The van der Waals surface area contributed by atoms with Crippen molar-refractivity contribution in [1.29, 1.82) is 0 Å². The summed E-state index contributed by atoms with van der Waals surface area (Å²) in [6.07, 6.45) is 2.34. The fourth-order valence-corrected chi connectivity index (χ4v) is 5.33. The van der Waals surface area contributed by atoms with Gasteiger partial charge in [-0.3, -0.25) is 14.5 Å². The maximum Gasteiger partial charge on any atom is 0.256 e. The van der Waals surface area contributed by atoms with Gasteiger partial charge in [0.05, 0.1) is 33.4 Å². The number of carbonyl (C=O) groups excluding carboxylic acids is 2. The number of hydrogen-bond acceptors (Lipinski definition) is 6. The van der Waals surface area contributed by atoms with Crippen LogP contribution in [0.1, 0.15) is 12.0 Å². The fraction of sp³-hybridized carbons (Fsp3) is 0.233. The van der Waals surface area contributed by atoms with Crippen LogP contribution >= 0.6 is 12.2 Å². The van der Waals surface area contributed by atoms with Gasteiger partial charge in [0.1, 0.15) is 11.8 Å². The predicted octanol–water partition coefficient (Wildman–Crippen LogP) is 4.77. The van der Waals surface area contributed by atoms with Crippen molar-refractivity contribution in [3.8, 4) is 17.2 Å². The largest absolute Gasteiger partial charge is 0.495 e. The fourth-order valence-electron chi connectivity index (χ4n) is 4.92. The molecule has 0 aliphatic carbocycles. The average Bonchev–Trinajstić information content (AvgIpc) is 3.53. The summed E-state index contributed by atoms with van der Waals surface area (Å²) in [6, 6.07) is 19.7. The van der Waals surface area contributed by atoms with Crippen molar-refractivity contribution >= 4 is 51.4 Å². The van der Waals surface area contributed by atoms with Gasteiger partial charge in [0.2, 0.25) is 5.91 Å². The van der Waals surface area contributed by atoms with Crippen LogP contribution in [0.25, 0.3) is 10.9 Å². The van der Waals surface area contributed by atoms with E-state index in [-0.39, 0.29) is 18.2 Å². The summed E-state index contributed by atoms with van der Waals surface area (Å²) in [5.74, 6) is 1.20. The number of rotatable bonds is 10. The van der Waals surface area contributed by atoms with E-state index in [1.54, 1.807) is 33.5 Å². The Bertz CT molecular complexity index is 1570. The second-order valence-corrected chi connectivity index (χ2v) is 9.67. The Hall–Kier alpha value is -4.57. The number of carbonyl (C=O) groups is 2. The summed E-state index contributed by atoms with van der Waals surface area (Å²) in [5.41, 5.74) is 3.07. The first-order chi connectivity index (χ1) is 19.4. The highest BCUT2D eigenvalue weighted by Gasteiger charge is 2.44. The number of fused-ring (bicyclic) bond motifs is 1. The molecule has 1 aromatic heterocycles. The Kier molecular flexibility index (Phi) is 7.88. The van der Waals surface area contributed by atoms with Gasteiger partial charge >= 0.3 is 0 Å². The lowest BCUT2D eigenvalue weighted by Crippen LogP contribution is -2.39. The number of anilines is 2. The van der Waals surface area contributed by atoms with Crippen molar-refractivity contribution in [2.24, 2.45) is 0 Å². The minimum Gasteiger partial charge on any atom is -0.495 e. The highest BCUT2D eigenvalue weighted by Crippen LogP contribution is 2.34. The number of amides is 2. The van der Waals surface area contributed by atoms with Crippen LogP contribution in [0.3, 0.4) is 0 Å². The van der Waals surface area contributed by atoms with Gasteiger partial charge in [-0.25, -0.2) is 0 Å². The van der Waals surface area contributed by atoms with E-state index in [1.165, 1.54) is 4.90 Å². The van der Waals surface area contributed by atoms with E-state index in [0.29, 0.717) is 46.7 Å².